The minimum Gasteiger partial charge on any atom is -0.297 e. The second kappa shape index (κ2) is 6.89. The van der Waals surface area contributed by atoms with Crippen molar-refractivity contribution in [2.75, 3.05) is 13.1 Å². The summed E-state index contributed by atoms with van der Waals surface area (Å²) in [6.45, 7) is 5.94. The molecule has 1 aromatic carbocycles. The van der Waals surface area contributed by atoms with Crippen molar-refractivity contribution in [1.29, 1.82) is 0 Å². The van der Waals surface area contributed by atoms with Gasteiger partial charge >= 0.3 is 0 Å². The number of likely N-dealkylation sites (N-methyl/N-ethyl adjacent to an activating group) is 1. The molecule has 2 rings (SSSR count). The molecule has 1 fully saturated rings. The van der Waals surface area contributed by atoms with Crippen molar-refractivity contribution >= 4 is 17.4 Å². The Balaban J connectivity index is 2.21. The van der Waals surface area contributed by atoms with E-state index >= 15 is 0 Å². The summed E-state index contributed by atoms with van der Waals surface area (Å²) in [6, 6.07) is 4.65. The highest BCUT2D eigenvalue weighted by Gasteiger charge is 2.44. The molecule has 1 aliphatic rings. The summed E-state index contributed by atoms with van der Waals surface area (Å²) >= 11 is 5.70. The van der Waals surface area contributed by atoms with Gasteiger partial charge in [0.25, 0.3) is 0 Å². The Morgan fingerprint density at radius 2 is 1.90 bits per heavy atom. The van der Waals surface area contributed by atoms with Gasteiger partial charge in [0.2, 0.25) is 0 Å². The fraction of sp³-hybridized carbons (Fsp3) is 0.588. The number of rotatable bonds is 6. The van der Waals surface area contributed by atoms with Crippen LogP contribution in [0.2, 0.25) is 5.02 Å². The van der Waals surface area contributed by atoms with Gasteiger partial charge in [0.05, 0.1) is 10.6 Å². The van der Waals surface area contributed by atoms with Gasteiger partial charge in [0.1, 0.15) is 5.82 Å². The van der Waals surface area contributed by atoms with Crippen LogP contribution in [0.15, 0.2) is 18.2 Å². The van der Waals surface area contributed by atoms with Crippen LogP contribution in [0.3, 0.4) is 0 Å². The summed E-state index contributed by atoms with van der Waals surface area (Å²) < 4.78 is 13.5. The lowest BCUT2D eigenvalue weighted by atomic mass is 9.86. The van der Waals surface area contributed by atoms with Gasteiger partial charge in [-0.15, -0.1) is 0 Å². The predicted octanol–water partition coefficient (Wildman–Crippen LogP) is 4.25. The van der Waals surface area contributed by atoms with Crippen molar-refractivity contribution < 1.29 is 9.18 Å². The predicted molar refractivity (Wildman–Crippen MR) is 84.2 cm³/mol. The number of carbonyl (C=O) groups excluding carboxylic acids is 1. The second-order valence-electron chi connectivity index (χ2n) is 5.76. The maximum Gasteiger partial charge on any atom is 0.157 e. The van der Waals surface area contributed by atoms with Gasteiger partial charge in [-0.2, -0.15) is 0 Å². The molecule has 116 valence electrons. The lowest BCUT2D eigenvalue weighted by Gasteiger charge is -2.39. The van der Waals surface area contributed by atoms with Crippen molar-refractivity contribution in [3.8, 4) is 0 Å². The second-order valence-corrected chi connectivity index (χ2v) is 6.17. The third kappa shape index (κ3) is 3.29. The molecule has 1 aromatic rings. The fourth-order valence-electron chi connectivity index (χ4n) is 3.56. The summed E-state index contributed by atoms with van der Waals surface area (Å²) in [5.74, 6) is -0.240. The van der Waals surface area contributed by atoms with Crippen LogP contribution in [-0.2, 0) is 11.2 Å². The van der Waals surface area contributed by atoms with Crippen LogP contribution in [0, 0.1) is 5.82 Å². The normalized spacial score (nSPS) is 17.4. The molecule has 4 heteroatoms. The van der Waals surface area contributed by atoms with Crippen LogP contribution in [0.1, 0.15) is 45.1 Å². The van der Waals surface area contributed by atoms with Gasteiger partial charge in [-0.3, -0.25) is 9.69 Å². The number of benzene rings is 1. The minimum atomic E-state index is -0.453. The summed E-state index contributed by atoms with van der Waals surface area (Å²) in [6.07, 6.45) is 4.31. The van der Waals surface area contributed by atoms with E-state index in [2.05, 4.69) is 18.7 Å². The number of nitrogens with zero attached hydrogens (tertiary/aromatic N) is 1. The van der Waals surface area contributed by atoms with Crippen LogP contribution in [0.25, 0.3) is 0 Å². The molecular weight excluding hydrogens is 289 g/mol. The van der Waals surface area contributed by atoms with Gasteiger partial charge in [0, 0.05) is 6.42 Å². The highest BCUT2D eigenvalue weighted by atomic mass is 35.5. The Morgan fingerprint density at radius 1 is 1.29 bits per heavy atom. The quantitative estimate of drug-likeness (QED) is 0.783. The Bertz CT molecular complexity index is 508. The number of hydrogen-bond donors (Lipinski definition) is 0. The molecule has 0 bridgehead atoms. The SMILES string of the molecule is CCN(CC)C1(C(=O)Cc2ccc(Cl)c(F)c2)CCCC1. The zero-order valence-corrected chi connectivity index (χ0v) is 13.5. The Kier molecular flexibility index (Phi) is 5.39. The molecule has 0 atom stereocenters. The first-order valence-corrected chi connectivity index (χ1v) is 8.13. The van der Waals surface area contributed by atoms with Gasteiger partial charge in [-0.05, 0) is 43.6 Å². The largest absolute Gasteiger partial charge is 0.297 e. The number of hydrogen-bond acceptors (Lipinski definition) is 2. The number of Topliss-reactive ketones (excluding diaryl/α,β-unsaturated/α-hetero) is 1. The van der Waals surface area contributed by atoms with Crippen LogP contribution in [-0.4, -0.2) is 29.3 Å². The molecule has 0 saturated heterocycles. The fourth-order valence-corrected chi connectivity index (χ4v) is 3.68. The van der Waals surface area contributed by atoms with Crippen LogP contribution in [0.5, 0.6) is 0 Å². The van der Waals surface area contributed by atoms with Crippen molar-refractivity contribution in [3.05, 3.63) is 34.6 Å². The van der Waals surface area contributed by atoms with Gasteiger partial charge in [0.15, 0.2) is 5.78 Å². The maximum atomic E-state index is 13.5. The molecule has 0 aliphatic heterocycles. The van der Waals surface area contributed by atoms with E-state index in [1.54, 1.807) is 6.07 Å². The zero-order chi connectivity index (χ0) is 15.5. The van der Waals surface area contributed by atoms with E-state index in [1.807, 2.05) is 0 Å². The lowest BCUT2D eigenvalue weighted by molar-refractivity contribution is -0.130. The van der Waals surface area contributed by atoms with E-state index in [0.717, 1.165) is 38.8 Å². The zero-order valence-electron chi connectivity index (χ0n) is 12.8. The monoisotopic (exact) mass is 311 g/mol. The van der Waals surface area contributed by atoms with E-state index in [0.29, 0.717) is 5.56 Å². The van der Waals surface area contributed by atoms with Crippen LogP contribution < -0.4 is 0 Å². The van der Waals surface area contributed by atoms with Crippen LogP contribution in [0.4, 0.5) is 4.39 Å². The van der Waals surface area contributed by atoms with Crippen molar-refractivity contribution in [3.63, 3.8) is 0 Å². The van der Waals surface area contributed by atoms with Crippen molar-refractivity contribution in [2.45, 2.75) is 51.5 Å². The van der Waals surface area contributed by atoms with E-state index < -0.39 is 5.82 Å². The first-order valence-electron chi connectivity index (χ1n) is 7.75. The average Bonchev–Trinajstić information content (AvgIpc) is 2.95. The van der Waals surface area contributed by atoms with Gasteiger partial charge in [-0.1, -0.05) is 44.4 Å². The summed E-state index contributed by atoms with van der Waals surface area (Å²) in [4.78, 5) is 15.2. The van der Waals surface area contributed by atoms with E-state index in [9.17, 15) is 9.18 Å². The van der Waals surface area contributed by atoms with Crippen LogP contribution >= 0.6 is 11.6 Å². The molecule has 0 amide bonds. The maximum absolute atomic E-state index is 13.5. The highest BCUT2D eigenvalue weighted by Crippen LogP contribution is 2.37. The van der Waals surface area contributed by atoms with E-state index in [1.165, 1.54) is 12.1 Å². The Morgan fingerprint density at radius 3 is 2.43 bits per heavy atom. The molecule has 0 spiro atoms. The van der Waals surface area contributed by atoms with Gasteiger partial charge in [-0.25, -0.2) is 4.39 Å². The third-order valence-corrected chi connectivity index (χ3v) is 4.97. The Labute approximate surface area is 131 Å². The first-order chi connectivity index (χ1) is 10.0. The highest BCUT2D eigenvalue weighted by molar-refractivity contribution is 6.30. The summed E-state index contributed by atoms with van der Waals surface area (Å²) in [7, 11) is 0. The molecule has 0 heterocycles. The lowest BCUT2D eigenvalue weighted by Crippen LogP contribution is -2.53. The first kappa shape index (κ1) is 16.4. The average molecular weight is 312 g/mol. The smallest absolute Gasteiger partial charge is 0.157 e. The van der Waals surface area contributed by atoms with Gasteiger partial charge < -0.3 is 0 Å². The molecular formula is C17H23ClFNO. The minimum absolute atomic E-state index is 0.102. The molecule has 21 heavy (non-hydrogen) atoms. The molecule has 0 unspecified atom stereocenters. The van der Waals surface area contributed by atoms with Crippen molar-refractivity contribution in [2.24, 2.45) is 0 Å². The summed E-state index contributed by atoms with van der Waals surface area (Å²) in [5, 5.41) is 0.102. The third-order valence-electron chi connectivity index (χ3n) is 4.67. The van der Waals surface area contributed by atoms with E-state index in [-0.39, 0.29) is 22.8 Å². The van der Waals surface area contributed by atoms with Crippen molar-refractivity contribution in [1.82, 2.24) is 4.90 Å². The molecule has 1 aliphatic carbocycles. The molecule has 2 nitrogen and oxygen atoms in total. The molecule has 1 saturated carbocycles. The molecule has 0 aromatic heterocycles. The number of carbonyl (C=O) groups is 1. The number of ketones is 1. The van der Waals surface area contributed by atoms with E-state index in [4.69, 9.17) is 11.6 Å². The number of halogens is 2. The topological polar surface area (TPSA) is 20.3 Å². The molecule has 0 radical (unpaired) electrons. The Hall–Kier alpha value is -0.930. The molecule has 0 N–H and O–H groups in total. The standard InChI is InChI=1S/C17H23ClFNO/c1-3-20(4-2)17(9-5-6-10-17)16(21)12-13-7-8-14(18)15(19)11-13/h7-8,11H,3-6,9-10,12H2,1-2H3. The summed E-state index contributed by atoms with van der Waals surface area (Å²) in [5.41, 5.74) is 0.361.